The van der Waals surface area contributed by atoms with Crippen molar-refractivity contribution in [2.24, 2.45) is 5.10 Å². The third-order valence-corrected chi connectivity index (χ3v) is 5.15. The molecule has 126 valence electrons. The van der Waals surface area contributed by atoms with E-state index in [0.29, 0.717) is 0 Å². The molecule has 2 heterocycles. The third kappa shape index (κ3) is 2.91. The van der Waals surface area contributed by atoms with Gasteiger partial charge in [-0.3, -0.25) is 5.01 Å². The highest BCUT2D eigenvalue weighted by molar-refractivity contribution is 6.07. The van der Waals surface area contributed by atoms with Gasteiger partial charge in [-0.25, -0.2) is 4.99 Å². The number of allylic oxidation sites excluding steroid dienone is 2. The number of benzene rings is 2. The molecule has 0 radical (unpaired) electrons. The van der Waals surface area contributed by atoms with Crippen molar-refractivity contribution in [3.05, 3.63) is 71.8 Å². The first kappa shape index (κ1) is 15.8. The van der Waals surface area contributed by atoms with E-state index in [1.165, 1.54) is 22.5 Å². The van der Waals surface area contributed by atoms with E-state index < -0.39 is 0 Å². The van der Waals surface area contributed by atoms with Crippen molar-refractivity contribution in [3.63, 3.8) is 0 Å². The molecule has 0 unspecified atom stereocenters. The maximum Gasteiger partial charge on any atom is 0.208 e. The summed E-state index contributed by atoms with van der Waals surface area (Å²) in [4.78, 5) is 3.56. The number of fused-ring (bicyclic) bond motifs is 1. The van der Waals surface area contributed by atoms with E-state index in [4.69, 9.17) is 5.10 Å². The fraction of sp³-hybridized carbons (Fsp3) is 0.273. The standard InChI is InChI=1S/C22H23N3/c1-16-8-11-18(12-9-16)25-15-14-17(24-25)10-13-21-22(2,3)19-6-4-5-7-20(19)23-21/h4-13H,14-15H2,1-3H3/p+1/b13-10+. The molecule has 25 heavy (non-hydrogen) atoms. The zero-order chi connectivity index (χ0) is 17.4. The first-order valence-corrected chi connectivity index (χ1v) is 8.88. The molecule has 2 aromatic rings. The van der Waals surface area contributed by atoms with Crippen LogP contribution in [0.5, 0.6) is 0 Å². The number of aryl methyl sites for hydroxylation is 1. The van der Waals surface area contributed by atoms with Crippen LogP contribution in [0.4, 0.5) is 11.4 Å². The van der Waals surface area contributed by atoms with Gasteiger partial charge in [-0.2, -0.15) is 5.10 Å². The normalized spacial score (nSPS) is 18.4. The molecule has 3 heteroatoms. The van der Waals surface area contributed by atoms with Crippen molar-refractivity contribution >= 4 is 22.8 Å². The third-order valence-electron chi connectivity index (χ3n) is 5.15. The Bertz CT molecular complexity index is 886. The zero-order valence-electron chi connectivity index (χ0n) is 15.1. The van der Waals surface area contributed by atoms with Crippen LogP contribution in [0, 0.1) is 6.92 Å². The van der Waals surface area contributed by atoms with E-state index in [0.717, 1.165) is 24.4 Å². The molecule has 0 fully saturated rings. The second-order valence-corrected chi connectivity index (χ2v) is 7.34. The van der Waals surface area contributed by atoms with Gasteiger partial charge >= 0.3 is 0 Å². The van der Waals surface area contributed by atoms with E-state index in [1.807, 2.05) is 0 Å². The van der Waals surface area contributed by atoms with Gasteiger partial charge in [0.1, 0.15) is 0 Å². The summed E-state index contributed by atoms with van der Waals surface area (Å²) in [5, 5.41) is 6.86. The summed E-state index contributed by atoms with van der Waals surface area (Å²) in [7, 11) is 0. The fourth-order valence-electron chi connectivity index (χ4n) is 3.51. The summed E-state index contributed by atoms with van der Waals surface area (Å²) in [5.41, 5.74) is 7.35. The van der Waals surface area contributed by atoms with E-state index in [9.17, 15) is 0 Å². The Morgan fingerprint density at radius 2 is 1.80 bits per heavy atom. The Morgan fingerprint density at radius 3 is 2.56 bits per heavy atom. The number of hydrogen-bond donors (Lipinski definition) is 1. The number of para-hydroxylation sites is 1. The maximum atomic E-state index is 4.77. The minimum atomic E-state index is 0.00288. The monoisotopic (exact) mass is 330 g/mol. The molecule has 0 aliphatic carbocycles. The topological polar surface area (TPSA) is 29.6 Å². The van der Waals surface area contributed by atoms with Crippen LogP contribution in [0.3, 0.4) is 0 Å². The van der Waals surface area contributed by atoms with Crippen LogP contribution in [-0.2, 0) is 5.41 Å². The van der Waals surface area contributed by atoms with Gasteiger partial charge in [0.15, 0.2) is 5.71 Å². The lowest BCUT2D eigenvalue weighted by atomic mass is 9.81. The van der Waals surface area contributed by atoms with Crippen LogP contribution in [0.2, 0.25) is 0 Å². The smallest absolute Gasteiger partial charge is 0.208 e. The molecule has 4 rings (SSSR count). The summed E-state index contributed by atoms with van der Waals surface area (Å²) in [6.45, 7) is 7.58. The van der Waals surface area contributed by atoms with Crippen molar-refractivity contribution < 1.29 is 4.99 Å². The van der Waals surface area contributed by atoms with Gasteiger partial charge in [-0.05, 0) is 39.0 Å². The Morgan fingerprint density at radius 1 is 1.04 bits per heavy atom. The molecule has 0 bridgehead atoms. The van der Waals surface area contributed by atoms with Crippen molar-refractivity contribution in [2.75, 3.05) is 11.6 Å². The molecule has 1 N–H and O–H groups in total. The lowest BCUT2D eigenvalue weighted by Gasteiger charge is -2.14. The van der Waals surface area contributed by atoms with E-state index in [2.05, 4.69) is 91.5 Å². The van der Waals surface area contributed by atoms with Gasteiger partial charge in [-0.15, -0.1) is 0 Å². The SMILES string of the molecule is Cc1ccc(N2CCC(/C=C/C3=[NH+]c4ccccc4C3(C)C)=N2)cc1. The van der Waals surface area contributed by atoms with Gasteiger partial charge in [0.25, 0.3) is 0 Å². The molecule has 2 aliphatic heterocycles. The summed E-state index contributed by atoms with van der Waals surface area (Å²) < 4.78 is 0. The Labute approximate surface area is 149 Å². The summed E-state index contributed by atoms with van der Waals surface area (Å²) in [5.74, 6) is 0. The summed E-state index contributed by atoms with van der Waals surface area (Å²) >= 11 is 0. The predicted octanol–water partition coefficient (Wildman–Crippen LogP) is 3.26. The van der Waals surface area contributed by atoms with Crippen LogP contribution < -0.4 is 10.0 Å². The lowest BCUT2D eigenvalue weighted by molar-refractivity contribution is -0.349. The number of anilines is 1. The first-order valence-electron chi connectivity index (χ1n) is 8.88. The van der Waals surface area contributed by atoms with E-state index in [1.54, 1.807) is 0 Å². The van der Waals surface area contributed by atoms with E-state index in [-0.39, 0.29) is 5.41 Å². The number of nitrogens with one attached hydrogen (secondary N) is 1. The molecule has 0 saturated carbocycles. The molecule has 3 nitrogen and oxygen atoms in total. The van der Waals surface area contributed by atoms with Gasteiger partial charge in [0, 0.05) is 30.7 Å². The van der Waals surface area contributed by atoms with Crippen molar-refractivity contribution in [3.8, 4) is 0 Å². The van der Waals surface area contributed by atoms with Gasteiger partial charge in [0.05, 0.1) is 16.8 Å². The van der Waals surface area contributed by atoms with Crippen LogP contribution in [-0.4, -0.2) is 18.0 Å². The van der Waals surface area contributed by atoms with Gasteiger partial charge in [-0.1, -0.05) is 35.9 Å². The number of hydrazone groups is 1. The fourth-order valence-corrected chi connectivity index (χ4v) is 3.51. The summed E-state index contributed by atoms with van der Waals surface area (Å²) in [6, 6.07) is 17.1. The van der Waals surface area contributed by atoms with Crippen LogP contribution in [0.1, 0.15) is 31.4 Å². The molecule has 2 aromatic carbocycles. The Hall–Kier alpha value is -2.68. The quantitative estimate of drug-likeness (QED) is 0.920. The first-order chi connectivity index (χ1) is 12.0. The minimum Gasteiger partial charge on any atom is -0.265 e. The van der Waals surface area contributed by atoms with Crippen molar-refractivity contribution in [2.45, 2.75) is 32.6 Å². The minimum absolute atomic E-state index is 0.00288. The second kappa shape index (κ2) is 5.99. The highest BCUT2D eigenvalue weighted by Crippen LogP contribution is 2.31. The number of hydrogen-bond acceptors (Lipinski definition) is 2. The van der Waals surface area contributed by atoms with Gasteiger partial charge in [0.2, 0.25) is 5.69 Å². The average Bonchev–Trinajstić information content (AvgIpc) is 3.17. The number of nitrogens with zero attached hydrogens (tertiary/aromatic N) is 2. The summed E-state index contributed by atoms with van der Waals surface area (Å²) in [6.07, 6.45) is 5.33. The second-order valence-electron chi connectivity index (χ2n) is 7.34. The molecular formula is C22H24N3+. The molecule has 0 atom stereocenters. The average molecular weight is 330 g/mol. The number of rotatable bonds is 3. The van der Waals surface area contributed by atoms with Crippen LogP contribution in [0.25, 0.3) is 0 Å². The van der Waals surface area contributed by atoms with Crippen molar-refractivity contribution in [1.82, 2.24) is 0 Å². The highest BCUT2D eigenvalue weighted by Gasteiger charge is 2.39. The lowest BCUT2D eigenvalue weighted by Crippen LogP contribution is -2.65. The largest absolute Gasteiger partial charge is 0.265 e. The van der Waals surface area contributed by atoms with Crippen molar-refractivity contribution in [1.29, 1.82) is 0 Å². The predicted molar refractivity (Wildman–Crippen MR) is 105 cm³/mol. The van der Waals surface area contributed by atoms with Crippen LogP contribution in [0.15, 0.2) is 65.8 Å². The van der Waals surface area contributed by atoms with Crippen LogP contribution >= 0.6 is 0 Å². The molecule has 0 aromatic heterocycles. The zero-order valence-corrected chi connectivity index (χ0v) is 15.1. The molecule has 0 saturated heterocycles. The molecule has 0 spiro atoms. The Balaban J connectivity index is 1.53. The molecule has 0 amide bonds. The van der Waals surface area contributed by atoms with E-state index >= 15 is 0 Å². The maximum absolute atomic E-state index is 4.77. The van der Waals surface area contributed by atoms with Gasteiger partial charge < -0.3 is 0 Å². The Kier molecular flexibility index (Phi) is 3.79. The highest BCUT2D eigenvalue weighted by atomic mass is 15.5. The molecule has 2 aliphatic rings. The molecular weight excluding hydrogens is 306 g/mol.